The summed E-state index contributed by atoms with van der Waals surface area (Å²) in [6, 6.07) is 10.5. The number of nitrogen functional groups attached to an aromatic ring is 2. The number of rotatable bonds is 5. The van der Waals surface area contributed by atoms with Crippen LogP contribution < -0.4 is 16.8 Å². The molecule has 0 saturated heterocycles. The number of nitrogens with zero attached hydrogens (tertiary/aromatic N) is 1. The maximum atomic E-state index is 11.3. The van der Waals surface area contributed by atoms with Crippen molar-refractivity contribution in [2.45, 2.75) is 6.54 Å². The van der Waals surface area contributed by atoms with Crippen molar-refractivity contribution < 1.29 is 14.7 Å². The van der Waals surface area contributed by atoms with E-state index in [0.29, 0.717) is 24.5 Å². The minimum Gasteiger partial charge on any atom is -0.477 e. The number of para-hydroxylation sites is 2. The van der Waals surface area contributed by atoms with Crippen LogP contribution in [0.15, 0.2) is 36.4 Å². The molecular weight excluding hydrogens is 328 g/mol. The van der Waals surface area contributed by atoms with E-state index < -0.39 is 5.97 Å². The second-order valence-electron chi connectivity index (χ2n) is 5.21. The fourth-order valence-corrected chi connectivity index (χ4v) is 2.41. The number of benzene rings is 1. The first-order valence-corrected chi connectivity index (χ1v) is 7.94. The number of carboxylic acid groups (broad SMARTS) is 1. The highest BCUT2D eigenvalue weighted by atomic mass is 32.1. The van der Waals surface area contributed by atoms with Gasteiger partial charge in [-0.15, -0.1) is 11.3 Å². The van der Waals surface area contributed by atoms with Crippen LogP contribution in [0.4, 0.5) is 11.4 Å². The van der Waals surface area contributed by atoms with Crippen LogP contribution in [0.1, 0.15) is 14.5 Å². The van der Waals surface area contributed by atoms with Gasteiger partial charge in [0.1, 0.15) is 4.88 Å². The third-order valence-corrected chi connectivity index (χ3v) is 3.86. The molecule has 24 heavy (non-hydrogen) atoms. The van der Waals surface area contributed by atoms with Gasteiger partial charge in [-0.2, -0.15) is 0 Å². The van der Waals surface area contributed by atoms with Crippen molar-refractivity contribution in [3.63, 3.8) is 0 Å². The number of aromatic carboxylic acids is 1. The van der Waals surface area contributed by atoms with E-state index in [1.54, 1.807) is 29.2 Å². The van der Waals surface area contributed by atoms with Crippen molar-refractivity contribution in [2.75, 3.05) is 32.1 Å². The number of carbonyl (C=O) groups is 2. The number of anilines is 2. The third-order valence-electron chi connectivity index (χ3n) is 2.79. The second-order valence-corrected chi connectivity index (χ2v) is 6.38. The lowest BCUT2D eigenvalue weighted by Crippen LogP contribution is -2.32. The summed E-state index contributed by atoms with van der Waals surface area (Å²) in [4.78, 5) is 24.8. The quantitative estimate of drug-likeness (QED) is 0.606. The second kappa shape index (κ2) is 9.53. The molecule has 0 atom stereocenters. The van der Waals surface area contributed by atoms with Gasteiger partial charge in [-0.25, -0.2) is 4.79 Å². The Labute approximate surface area is 144 Å². The summed E-state index contributed by atoms with van der Waals surface area (Å²) in [5.41, 5.74) is 12.1. The van der Waals surface area contributed by atoms with Crippen molar-refractivity contribution >= 4 is 34.6 Å². The topological polar surface area (TPSA) is 122 Å². The third kappa shape index (κ3) is 7.12. The number of thiophene rings is 1. The zero-order valence-corrected chi connectivity index (χ0v) is 14.5. The van der Waals surface area contributed by atoms with Gasteiger partial charge in [0, 0.05) is 4.88 Å². The number of nitrogens with two attached hydrogens (primary N) is 2. The van der Waals surface area contributed by atoms with E-state index >= 15 is 0 Å². The summed E-state index contributed by atoms with van der Waals surface area (Å²) in [6.07, 6.45) is 0. The average molecular weight is 350 g/mol. The Morgan fingerprint density at radius 1 is 1.12 bits per heavy atom. The summed E-state index contributed by atoms with van der Waals surface area (Å²) in [5.74, 6) is -1.01. The normalized spacial score (nSPS) is 9.96. The van der Waals surface area contributed by atoms with Gasteiger partial charge in [-0.1, -0.05) is 12.1 Å². The van der Waals surface area contributed by atoms with Crippen molar-refractivity contribution in [1.29, 1.82) is 0 Å². The Morgan fingerprint density at radius 2 is 1.71 bits per heavy atom. The largest absolute Gasteiger partial charge is 0.477 e. The number of nitrogens with one attached hydrogen (secondary N) is 1. The van der Waals surface area contributed by atoms with Gasteiger partial charge < -0.3 is 26.8 Å². The van der Waals surface area contributed by atoms with E-state index in [-0.39, 0.29) is 10.8 Å². The van der Waals surface area contributed by atoms with Gasteiger partial charge in [-0.3, -0.25) is 4.79 Å². The summed E-state index contributed by atoms with van der Waals surface area (Å²) in [6.45, 7) is 0.710. The van der Waals surface area contributed by atoms with Crippen molar-refractivity contribution in [3.05, 3.63) is 46.2 Å². The Balaban J connectivity index is 0.000000300. The van der Waals surface area contributed by atoms with Crippen molar-refractivity contribution in [1.82, 2.24) is 10.2 Å². The van der Waals surface area contributed by atoms with Gasteiger partial charge in [0.2, 0.25) is 5.91 Å². The minimum absolute atomic E-state index is 0.0738. The molecule has 0 saturated carbocycles. The van der Waals surface area contributed by atoms with E-state index in [4.69, 9.17) is 16.6 Å². The molecule has 2 rings (SSSR count). The SMILES string of the molecule is CN(C)CC(=O)NCc1ccc(C(=O)O)s1.Nc1ccccc1N. The van der Waals surface area contributed by atoms with E-state index in [0.717, 1.165) is 4.88 Å². The summed E-state index contributed by atoms with van der Waals surface area (Å²) in [5, 5.41) is 11.4. The molecule has 0 aliphatic rings. The van der Waals surface area contributed by atoms with Crippen LogP contribution >= 0.6 is 11.3 Å². The molecule has 0 bridgehead atoms. The molecular formula is C16H22N4O3S. The highest BCUT2D eigenvalue weighted by Gasteiger charge is 2.08. The number of carbonyl (C=O) groups excluding carboxylic acids is 1. The number of likely N-dealkylation sites (N-methyl/N-ethyl adjacent to an activating group) is 1. The van der Waals surface area contributed by atoms with Gasteiger partial charge in [0.05, 0.1) is 24.5 Å². The monoisotopic (exact) mass is 350 g/mol. The van der Waals surface area contributed by atoms with Crippen LogP contribution in [0.25, 0.3) is 0 Å². The van der Waals surface area contributed by atoms with Gasteiger partial charge in [-0.05, 0) is 38.4 Å². The van der Waals surface area contributed by atoms with E-state index in [2.05, 4.69) is 5.32 Å². The summed E-state index contributed by atoms with van der Waals surface area (Å²) >= 11 is 1.17. The Hall–Kier alpha value is -2.58. The minimum atomic E-state index is -0.934. The highest BCUT2D eigenvalue weighted by Crippen LogP contribution is 2.15. The molecule has 2 aromatic rings. The van der Waals surface area contributed by atoms with E-state index in [1.807, 2.05) is 26.2 Å². The predicted octanol–water partition coefficient (Wildman–Crippen LogP) is 1.48. The molecule has 7 nitrogen and oxygen atoms in total. The number of carboxylic acids is 1. The lowest BCUT2D eigenvalue weighted by atomic mass is 10.3. The first-order valence-electron chi connectivity index (χ1n) is 7.13. The molecule has 0 unspecified atom stereocenters. The number of hydrogen-bond donors (Lipinski definition) is 4. The molecule has 130 valence electrons. The van der Waals surface area contributed by atoms with Gasteiger partial charge in [0.25, 0.3) is 0 Å². The van der Waals surface area contributed by atoms with Crippen molar-refractivity contribution in [3.8, 4) is 0 Å². The van der Waals surface area contributed by atoms with Crippen LogP contribution in [0.3, 0.4) is 0 Å². The van der Waals surface area contributed by atoms with Crippen LogP contribution in [-0.4, -0.2) is 42.5 Å². The summed E-state index contributed by atoms with van der Waals surface area (Å²) in [7, 11) is 3.63. The molecule has 0 fully saturated rings. The molecule has 0 aliphatic carbocycles. The van der Waals surface area contributed by atoms with Crippen LogP contribution in [0, 0.1) is 0 Å². The zero-order valence-electron chi connectivity index (χ0n) is 13.7. The molecule has 0 spiro atoms. The fourth-order valence-electron chi connectivity index (χ4n) is 1.63. The highest BCUT2D eigenvalue weighted by molar-refractivity contribution is 7.13. The average Bonchev–Trinajstić information content (AvgIpc) is 2.97. The van der Waals surface area contributed by atoms with E-state index in [9.17, 15) is 9.59 Å². The van der Waals surface area contributed by atoms with Gasteiger partial charge >= 0.3 is 5.97 Å². The first kappa shape index (κ1) is 19.5. The molecule has 8 heteroatoms. The fraction of sp³-hybridized carbons (Fsp3) is 0.250. The molecule has 0 radical (unpaired) electrons. The molecule has 1 aromatic carbocycles. The Bertz CT molecular complexity index is 664. The maximum absolute atomic E-state index is 11.3. The molecule has 1 amide bonds. The summed E-state index contributed by atoms with van der Waals surface area (Å²) < 4.78 is 0. The number of hydrogen-bond acceptors (Lipinski definition) is 6. The molecule has 1 aromatic heterocycles. The smallest absolute Gasteiger partial charge is 0.345 e. The van der Waals surface area contributed by atoms with Crippen LogP contribution in [0.2, 0.25) is 0 Å². The van der Waals surface area contributed by atoms with Crippen LogP contribution in [0.5, 0.6) is 0 Å². The first-order chi connectivity index (χ1) is 11.3. The predicted molar refractivity (Wildman–Crippen MR) is 96.9 cm³/mol. The number of amides is 1. The lowest BCUT2D eigenvalue weighted by molar-refractivity contribution is -0.121. The zero-order chi connectivity index (χ0) is 18.1. The maximum Gasteiger partial charge on any atom is 0.345 e. The van der Waals surface area contributed by atoms with E-state index in [1.165, 1.54) is 11.3 Å². The lowest BCUT2D eigenvalue weighted by Gasteiger charge is -2.08. The van der Waals surface area contributed by atoms with Crippen molar-refractivity contribution in [2.24, 2.45) is 0 Å². The Kier molecular flexibility index (Phi) is 7.73. The molecule has 0 aliphatic heterocycles. The Morgan fingerprint density at radius 3 is 2.12 bits per heavy atom. The standard InChI is InChI=1S/C10H14N2O3S.C6H8N2/c1-12(2)6-9(13)11-5-7-3-4-8(16-7)10(14)15;7-5-3-1-2-4-6(5)8/h3-4H,5-6H2,1-2H3,(H,11,13)(H,14,15);1-4H,7-8H2. The van der Waals surface area contributed by atoms with Gasteiger partial charge in [0.15, 0.2) is 0 Å². The van der Waals surface area contributed by atoms with Crippen LogP contribution in [-0.2, 0) is 11.3 Å². The molecule has 1 heterocycles. The molecule has 6 N–H and O–H groups in total.